The minimum absolute atomic E-state index is 0.0966. The Morgan fingerprint density at radius 2 is 2.26 bits per heavy atom. The molecule has 1 heterocycles. The number of ketones is 1. The number of ether oxygens (including phenoxy) is 1. The molecule has 0 aromatic carbocycles. The lowest BCUT2D eigenvalue weighted by molar-refractivity contribution is -0.137. The molecule has 0 unspecified atom stereocenters. The molecule has 2 aliphatic carbocycles. The second-order valence-electron chi connectivity index (χ2n) is 7.23. The van der Waals surface area contributed by atoms with Gasteiger partial charge in [-0.05, 0) is 32.1 Å². The maximum atomic E-state index is 12.3. The van der Waals surface area contributed by atoms with Crippen molar-refractivity contribution in [2.75, 3.05) is 0 Å². The molecule has 3 rings (SSSR count). The van der Waals surface area contributed by atoms with Crippen molar-refractivity contribution in [2.45, 2.75) is 64.1 Å². The molecule has 0 aromatic heterocycles. The maximum Gasteiger partial charge on any atom is 0.303 e. The van der Waals surface area contributed by atoms with Crippen molar-refractivity contribution in [1.82, 2.24) is 0 Å². The van der Waals surface area contributed by atoms with Gasteiger partial charge < -0.3 is 14.9 Å². The molecule has 0 bridgehead atoms. The van der Waals surface area contributed by atoms with Crippen LogP contribution < -0.4 is 0 Å². The Bertz CT molecular complexity index is 603. The lowest BCUT2D eigenvalue weighted by Crippen LogP contribution is -2.43. The average Bonchev–Trinajstić information content (AvgIpc) is 2.83. The van der Waals surface area contributed by atoms with Crippen molar-refractivity contribution in [3.8, 4) is 0 Å². The van der Waals surface area contributed by atoms with Gasteiger partial charge in [0.2, 0.25) is 0 Å². The first-order valence-corrected chi connectivity index (χ1v) is 8.37. The molecular weight excluding hydrogens is 296 g/mol. The Labute approximate surface area is 136 Å². The standard InChI is InChI=1S/C18H24O5/c1-10(3-6-16(20)21)11-7-8-18(2)13(11)9-12-15(23-18)5-4-14(19)17(12)22/h7,10,13-14,19H,3-6,8-9H2,1-2H3,(H,20,21)/t10-,13+,14-,18-/m0/s1. The Morgan fingerprint density at radius 1 is 1.52 bits per heavy atom. The van der Waals surface area contributed by atoms with Gasteiger partial charge in [0.1, 0.15) is 17.5 Å². The molecule has 0 radical (unpaired) electrons. The van der Waals surface area contributed by atoms with E-state index in [4.69, 9.17) is 9.84 Å². The van der Waals surface area contributed by atoms with Gasteiger partial charge in [-0.2, -0.15) is 0 Å². The van der Waals surface area contributed by atoms with E-state index >= 15 is 0 Å². The summed E-state index contributed by atoms with van der Waals surface area (Å²) in [5.41, 5.74) is 1.51. The normalized spacial score (nSPS) is 34.4. The molecule has 3 aliphatic rings. The van der Waals surface area contributed by atoms with Crippen molar-refractivity contribution in [3.63, 3.8) is 0 Å². The van der Waals surface area contributed by atoms with Gasteiger partial charge in [-0.1, -0.05) is 18.6 Å². The fourth-order valence-corrected chi connectivity index (χ4v) is 4.16. The van der Waals surface area contributed by atoms with Gasteiger partial charge in [0.25, 0.3) is 0 Å². The molecule has 23 heavy (non-hydrogen) atoms. The Kier molecular flexibility index (Phi) is 4.08. The zero-order valence-electron chi connectivity index (χ0n) is 13.7. The second-order valence-corrected chi connectivity index (χ2v) is 7.23. The van der Waals surface area contributed by atoms with Crippen LogP contribution in [0, 0.1) is 11.8 Å². The number of allylic oxidation sites excluding steroid dienone is 1. The molecule has 5 nitrogen and oxygen atoms in total. The largest absolute Gasteiger partial charge is 0.491 e. The van der Waals surface area contributed by atoms with E-state index in [-0.39, 0.29) is 29.6 Å². The first-order chi connectivity index (χ1) is 10.8. The number of hydrogen-bond acceptors (Lipinski definition) is 4. The van der Waals surface area contributed by atoms with E-state index in [0.29, 0.717) is 31.3 Å². The van der Waals surface area contributed by atoms with E-state index in [1.54, 1.807) is 0 Å². The van der Waals surface area contributed by atoms with Gasteiger partial charge in [-0.25, -0.2) is 0 Å². The van der Waals surface area contributed by atoms with Gasteiger partial charge in [0.05, 0.1) is 0 Å². The highest BCUT2D eigenvalue weighted by Gasteiger charge is 2.49. The van der Waals surface area contributed by atoms with E-state index in [2.05, 4.69) is 13.0 Å². The molecule has 0 amide bonds. The van der Waals surface area contributed by atoms with Crippen molar-refractivity contribution in [2.24, 2.45) is 11.8 Å². The monoisotopic (exact) mass is 320 g/mol. The smallest absolute Gasteiger partial charge is 0.303 e. The third-order valence-electron chi connectivity index (χ3n) is 5.59. The van der Waals surface area contributed by atoms with E-state index < -0.39 is 12.1 Å². The Balaban J connectivity index is 1.81. The van der Waals surface area contributed by atoms with Crippen LogP contribution in [0.25, 0.3) is 0 Å². The highest BCUT2D eigenvalue weighted by molar-refractivity contribution is 6.00. The summed E-state index contributed by atoms with van der Waals surface area (Å²) in [5.74, 6) is 0.0323. The number of aliphatic hydroxyl groups excluding tert-OH is 1. The van der Waals surface area contributed by atoms with Gasteiger partial charge in [0, 0.05) is 30.8 Å². The maximum absolute atomic E-state index is 12.3. The minimum atomic E-state index is -0.903. The molecule has 0 spiro atoms. The molecule has 0 saturated heterocycles. The van der Waals surface area contributed by atoms with Gasteiger partial charge in [0.15, 0.2) is 5.78 Å². The highest BCUT2D eigenvalue weighted by atomic mass is 16.5. The SMILES string of the molecule is C[C@@H](CCC(=O)O)C1=CC[C@]2(C)OC3=C(C[C@H]12)C(=O)[C@@H](O)CC3. The van der Waals surface area contributed by atoms with Crippen LogP contribution in [0.4, 0.5) is 0 Å². The van der Waals surface area contributed by atoms with Crippen molar-refractivity contribution < 1.29 is 24.5 Å². The van der Waals surface area contributed by atoms with Crippen LogP contribution in [0.5, 0.6) is 0 Å². The molecule has 2 N–H and O–H groups in total. The lowest BCUT2D eigenvalue weighted by atomic mass is 9.74. The summed E-state index contributed by atoms with van der Waals surface area (Å²) < 4.78 is 6.21. The summed E-state index contributed by atoms with van der Waals surface area (Å²) in [6, 6.07) is 0. The Hall–Kier alpha value is -1.62. The van der Waals surface area contributed by atoms with E-state index in [0.717, 1.165) is 12.2 Å². The number of carboxylic acid groups (broad SMARTS) is 1. The van der Waals surface area contributed by atoms with Gasteiger partial charge in [-0.3, -0.25) is 9.59 Å². The number of carbonyl (C=O) groups is 2. The summed E-state index contributed by atoms with van der Waals surface area (Å²) in [6.45, 7) is 4.12. The van der Waals surface area contributed by atoms with Crippen molar-refractivity contribution in [3.05, 3.63) is 23.0 Å². The number of Topliss-reactive ketones (excluding diaryl/α,β-unsaturated/α-hetero) is 1. The molecule has 0 fully saturated rings. The topological polar surface area (TPSA) is 83.8 Å². The number of carbonyl (C=O) groups excluding carboxylic acids is 1. The molecule has 0 aromatic rings. The zero-order chi connectivity index (χ0) is 16.8. The number of rotatable bonds is 4. The number of aliphatic hydroxyl groups is 1. The van der Waals surface area contributed by atoms with Gasteiger partial charge in [-0.15, -0.1) is 0 Å². The fraction of sp³-hybridized carbons (Fsp3) is 0.667. The van der Waals surface area contributed by atoms with Crippen LogP contribution in [0.2, 0.25) is 0 Å². The third kappa shape index (κ3) is 2.82. The number of hydrogen-bond donors (Lipinski definition) is 2. The first-order valence-electron chi connectivity index (χ1n) is 8.37. The summed E-state index contributed by atoms with van der Waals surface area (Å²) in [6.07, 6.45) is 4.45. The van der Waals surface area contributed by atoms with Crippen LogP contribution in [0.3, 0.4) is 0 Å². The lowest BCUT2D eigenvalue weighted by Gasteiger charge is -2.43. The molecule has 4 atom stereocenters. The molecule has 1 aliphatic heterocycles. The Morgan fingerprint density at radius 3 is 2.96 bits per heavy atom. The average molecular weight is 320 g/mol. The van der Waals surface area contributed by atoms with Crippen molar-refractivity contribution in [1.29, 1.82) is 0 Å². The zero-order valence-corrected chi connectivity index (χ0v) is 13.7. The number of fused-ring (bicyclic) bond motifs is 1. The number of aliphatic carboxylic acids is 1. The summed E-state index contributed by atoms with van der Waals surface area (Å²) in [4.78, 5) is 23.1. The highest BCUT2D eigenvalue weighted by Crippen LogP contribution is 2.51. The molecule has 126 valence electrons. The van der Waals surface area contributed by atoms with Crippen LogP contribution in [0.15, 0.2) is 23.0 Å². The van der Waals surface area contributed by atoms with E-state index in [9.17, 15) is 14.7 Å². The second kappa shape index (κ2) is 5.78. The fourth-order valence-electron chi connectivity index (χ4n) is 4.16. The summed E-state index contributed by atoms with van der Waals surface area (Å²) in [5, 5.41) is 18.7. The summed E-state index contributed by atoms with van der Waals surface area (Å²) >= 11 is 0. The predicted octanol–water partition coefficient (Wildman–Crippen LogP) is 2.59. The van der Waals surface area contributed by atoms with E-state index in [1.807, 2.05) is 6.92 Å². The molecule has 5 heteroatoms. The molecular formula is C18H24O5. The molecule has 0 saturated carbocycles. The van der Waals surface area contributed by atoms with Crippen LogP contribution >= 0.6 is 0 Å². The minimum Gasteiger partial charge on any atom is -0.491 e. The summed E-state index contributed by atoms with van der Waals surface area (Å²) in [7, 11) is 0. The van der Waals surface area contributed by atoms with Gasteiger partial charge >= 0.3 is 5.97 Å². The van der Waals surface area contributed by atoms with Crippen molar-refractivity contribution >= 4 is 11.8 Å². The van der Waals surface area contributed by atoms with E-state index in [1.165, 1.54) is 5.57 Å². The van der Waals surface area contributed by atoms with Crippen LogP contribution in [0.1, 0.15) is 52.4 Å². The third-order valence-corrected chi connectivity index (χ3v) is 5.59. The predicted molar refractivity (Wildman–Crippen MR) is 83.6 cm³/mol. The van der Waals surface area contributed by atoms with Crippen LogP contribution in [-0.2, 0) is 14.3 Å². The first kappa shape index (κ1) is 16.2. The number of carboxylic acids is 1. The van der Waals surface area contributed by atoms with Crippen LogP contribution in [-0.4, -0.2) is 33.7 Å². The quantitative estimate of drug-likeness (QED) is 0.778.